The molecule has 2 saturated heterocycles. The number of likely N-dealkylation sites (tertiary alicyclic amines) is 1. The zero-order valence-corrected chi connectivity index (χ0v) is 14.7. The summed E-state index contributed by atoms with van der Waals surface area (Å²) in [6, 6.07) is 5.95. The molecule has 0 bridgehead atoms. The number of hydrogen-bond donors (Lipinski definition) is 1. The lowest BCUT2D eigenvalue weighted by atomic mass is 9.92. The number of rotatable bonds is 1. The van der Waals surface area contributed by atoms with Gasteiger partial charge in [0.1, 0.15) is 0 Å². The molecule has 0 saturated carbocycles. The number of hydrogen-bond acceptors (Lipinski definition) is 2. The van der Waals surface area contributed by atoms with E-state index in [0.717, 1.165) is 66.5 Å². The second-order valence-electron chi connectivity index (χ2n) is 6.01. The first-order chi connectivity index (χ1) is 9.65. The highest BCUT2D eigenvalue weighted by atomic mass is 79.9. The van der Waals surface area contributed by atoms with Gasteiger partial charge in [0, 0.05) is 23.1 Å². The second kappa shape index (κ2) is 7.12. The number of benzene rings is 1. The van der Waals surface area contributed by atoms with Crippen molar-refractivity contribution in [3.05, 3.63) is 33.8 Å². The van der Waals surface area contributed by atoms with Crippen molar-refractivity contribution in [1.82, 2.24) is 10.2 Å². The number of nitrogens with zero attached hydrogens (tertiary/aromatic N) is 1. The molecule has 0 unspecified atom stereocenters. The van der Waals surface area contributed by atoms with Gasteiger partial charge in [-0.15, -0.1) is 12.4 Å². The summed E-state index contributed by atoms with van der Waals surface area (Å²) < 4.78 is 0.974. The van der Waals surface area contributed by atoms with Gasteiger partial charge in [-0.25, -0.2) is 0 Å². The normalized spacial score (nSPS) is 25.0. The Kier molecular flexibility index (Phi) is 5.69. The van der Waals surface area contributed by atoms with Crippen LogP contribution in [-0.4, -0.2) is 37.0 Å². The third-order valence-corrected chi connectivity index (χ3v) is 5.23. The van der Waals surface area contributed by atoms with Gasteiger partial charge in [0.15, 0.2) is 0 Å². The van der Waals surface area contributed by atoms with E-state index in [1.54, 1.807) is 0 Å². The largest absolute Gasteiger partial charge is 0.339 e. The van der Waals surface area contributed by atoms with Crippen molar-refractivity contribution in [2.75, 3.05) is 26.2 Å². The minimum Gasteiger partial charge on any atom is -0.339 e. The van der Waals surface area contributed by atoms with E-state index in [1.165, 1.54) is 0 Å². The van der Waals surface area contributed by atoms with Crippen LogP contribution in [0.3, 0.4) is 0 Å². The van der Waals surface area contributed by atoms with E-state index >= 15 is 0 Å². The van der Waals surface area contributed by atoms with Gasteiger partial charge in [-0.1, -0.05) is 22.0 Å². The van der Waals surface area contributed by atoms with Crippen LogP contribution in [0.2, 0.25) is 0 Å². The molecule has 0 aliphatic carbocycles. The number of amides is 1. The maximum atomic E-state index is 12.7. The molecule has 1 amide bonds. The van der Waals surface area contributed by atoms with Crippen molar-refractivity contribution in [2.24, 2.45) is 11.8 Å². The average Bonchev–Trinajstić information content (AvgIpc) is 2.80. The van der Waals surface area contributed by atoms with E-state index in [-0.39, 0.29) is 18.3 Å². The minimum atomic E-state index is 0. The lowest BCUT2D eigenvalue weighted by Crippen LogP contribution is -2.33. The van der Waals surface area contributed by atoms with Gasteiger partial charge < -0.3 is 10.2 Å². The summed E-state index contributed by atoms with van der Waals surface area (Å²) in [6.45, 7) is 6.06. The van der Waals surface area contributed by atoms with Gasteiger partial charge in [-0.2, -0.15) is 0 Å². The number of carbonyl (C=O) groups is 1. The first-order valence-electron chi connectivity index (χ1n) is 7.41. The molecule has 0 spiro atoms. The molecule has 2 atom stereocenters. The van der Waals surface area contributed by atoms with Crippen LogP contribution in [0.15, 0.2) is 22.7 Å². The van der Waals surface area contributed by atoms with Gasteiger partial charge in [-0.05, 0) is 62.4 Å². The van der Waals surface area contributed by atoms with Crippen LogP contribution < -0.4 is 5.32 Å². The van der Waals surface area contributed by atoms with Crippen LogP contribution in [-0.2, 0) is 0 Å². The van der Waals surface area contributed by atoms with E-state index in [2.05, 4.69) is 21.2 Å². The molecule has 2 heterocycles. The summed E-state index contributed by atoms with van der Waals surface area (Å²) in [7, 11) is 0. The molecular formula is C16H22BrClN2O. The smallest absolute Gasteiger partial charge is 0.254 e. The summed E-state index contributed by atoms with van der Waals surface area (Å²) in [5, 5.41) is 3.47. The standard InChI is InChI=1S/C16H21BrN2O.ClH/c1-11-2-3-14(17)8-15(11)16(20)19-6-4-12-9-18-10-13(12)5-7-19;/h2-3,8,12-13,18H,4-7,9-10H2,1H3;1H/t12-,13+;. The summed E-state index contributed by atoms with van der Waals surface area (Å²) in [5.41, 5.74) is 1.90. The number of carbonyl (C=O) groups excluding carboxylic acids is 1. The lowest BCUT2D eigenvalue weighted by Gasteiger charge is -2.22. The Morgan fingerprint density at radius 2 is 1.86 bits per heavy atom. The van der Waals surface area contributed by atoms with Crippen LogP contribution in [0, 0.1) is 18.8 Å². The fourth-order valence-corrected chi connectivity index (χ4v) is 3.78. The van der Waals surface area contributed by atoms with E-state index in [1.807, 2.05) is 30.0 Å². The highest BCUT2D eigenvalue weighted by Gasteiger charge is 2.31. The molecule has 2 aliphatic heterocycles. The molecule has 3 nitrogen and oxygen atoms in total. The Morgan fingerprint density at radius 1 is 1.24 bits per heavy atom. The topological polar surface area (TPSA) is 32.3 Å². The maximum Gasteiger partial charge on any atom is 0.254 e. The van der Waals surface area contributed by atoms with Crippen molar-refractivity contribution < 1.29 is 4.79 Å². The Hall–Kier alpha value is -0.580. The summed E-state index contributed by atoms with van der Waals surface area (Å²) in [4.78, 5) is 14.8. The van der Waals surface area contributed by atoms with Crippen LogP contribution in [0.1, 0.15) is 28.8 Å². The summed E-state index contributed by atoms with van der Waals surface area (Å²) in [5.74, 6) is 1.71. The Labute approximate surface area is 141 Å². The van der Waals surface area contributed by atoms with Crippen LogP contribution in [0.4, 0.5) is 0 Å². The maximum absolute atomic E-state index is 12.7. The van der Waals surface area contributed by atoms with E-state index in [0.29, 0.717) is 0 Å². The number of nitrogens with one attached hydrogen (secondary N) is 1. The fraction of sp³-hybridized carbons (Fsp3) is 0.562. The predicted octanol–water partition coefficient (Wildman–Crippen LogP) is 3.25. The van der Waals surface area contributed by atoms with Gasteiger partial charge in [0.2, 0.25) is 0 Å². The van der Waals surface area contributed by atoms with Crippen molar-refractivity contribution in [3.8, 4) is 0 Å². The van der Waals surface area contributed by atoms with Gasteiger partial charge in [0.25, 0.3) is 5.91 Å². The molecule has 0 aromatic heterocycles. The van der Waals surface area contributed by atoms with Crippen molar-refractivity contribution in [3.63, 3.8) is 0 Å². The number of fused-ring (bicyclic) bond motifs is 1. The minimum absolute atomic E-state index is 0. The molecule has 2 fully saturated rings. The molecule has 116 valence electrons. The van der Waals surface area contributed by atoms with Crippen molar-refractivity contribution >= 4 is 34.2 Å². The third kappa shape index (κ3) is 3.61. The Bertz CT molecular complexity index is 509. The summed E-state index contributed by atoms with van der Waals surface area (Å²) in [6.07, 6.45) is 2.27. The van der Waals surface area contributed by atoms with Gasteiger partial charge >= 0.3 is 0 Å². The highest BCUT2D eigenvalue weighted by Crippen LogP contribution is 2.28. The molecule has 1 aromatic carbocycles. The molecular weight excluding hydrogens is 352 g/mol. The molecule has 1 N–H and O–H groups in total. The SMILES string of the molecule is Cc1ccc(Br)cc1C(=O)N1CC[C@@H]2CNC[C@@H]2CC1.Cl. The zero-order valence-electron chi connectivity index (χ0n) is 12.3. The first-order valence-corrected chi connectivity index (χ1v) is 8.20. The first kappa shape index (κ1) is 16.8. The molecule has 21 heavy (non-hydrogen) atoms. The van der Waals surface area contributed by atoms with E-state index < -0.39 is 0 Å². The quantitative estimate of drug-likeness (QED) is 0.819. The predicted molar refractivity (Wildman–Crippen MR) is 91.1 cm³/mol. The van der Waals surface area contributed by atoms with Crippen LogP contribution in [0.5, 0.6) is 0 Å². The lowest BCUT2D eigenvalue weighted by molar-refractivity contribution is 0.0757. The molecule has 3 rings (SSSR count). The molecule has 0 radical (unpaired) electrons. The summed E-state index contributed by atoms with van der Waals surface area (Å²) >= 11 is 3.46. The zero-order chi connectivity index (χ0) is 14.1. The molecule has 5 heteroatoms. The van der Waals surface area contributed by atoms with Gasteiger partial charge in [-0.3, -0.25) is 4.79 Å². The Balaban J connectivity index is 0.00000161. The number of halogens is 2. The third-order valence-electron chi connectivity index (χ3n) is 4.74. The second-order valence-corrected chi connectivity index (χ2v) is 6.92. The van der Waals surface area contributed by atoms with Crippen LogP contribution in [0.25, 0.3) is 0 Å². The molecule has 1 aromatic rings. The van der Waals surface area contributed by atoms with E-state index in [4.69, 9.17) is 0 Å². The molecule has 2 aliphatic rings. The van der Waals surface area contributed by atoms with Crippen LogP contribution >= 0.6 is 28.3 Å². The van der Waals surface area contributed by atoms with Crippen molar-refractivity contribution in [1.29, 1.82) is 0 Å². The monoisotopic (exact) mass is 372 g/mol. The highest BCUT2D eigenvalue weighted by molar-refractivity contribution is 9.10. The Morgan fingerprint density at radius 3 is 2.48 bits per heavy atom. The average molecular weight is 374 g/mol. The fourth-order valence-electron chi connectivity index (χ4n) is 3.42. The number of aryl methyl sites for hydroxylation is 1. The van der Waals surface area contributed by atoms with Gasteiger partial charge in [0.05, 0.1) is 0 Å². The van der Waals surface area contributed by atoms with E-state index in [9.17, 15) is 4.79 Å². The van der Waals surface area contributed by atoms with Crippen molar-refractivity contribution in [2.45, 2.75) is 19.8 Å².